The van der Waals surface area contributed by atoms with E-state index >= 15 is 0 Å². The Kier molecular flexibility index (Phi) is 5.57. The lowest BCUT2D eigenvalue weighted by Gasteiger charge is -2.18. The predicted molar refractivity (Wildman–Crippen MR) is 143 cm³/mol. The van der Waals surface area contributed by atoms with E-state index in [1.54, 1.807) is 0 Å². The summed E-state index contributed by atoms with van der Waals surface area (Å²) in [5.41, 5.74) is 4.44. The van der Waals surface area contributed by atoms with Gasteiger partial charge in [-0.05, 0) is 72.0 Å². The molecule has 4 aromatic carbocycles. The Balaban J connectivity index is 1.11. The Morgan fingerprint density at radius 1 is 0.657 bits per heavy atom. The second-order valence-electron chi connectivity index (χ2n) is 8.42. The van der Waals surface area contributed by atoms with Gasteiger partial charge in [-0.1, -0.05) is 48.5 Å². The molecule has 5 aromatic rings. The fourth-order valence-electron chi connectivity index (χ4n) is 4.29. The quantitative estimate of drug-likeness (QED) is 0.294. The van der Waals surface area contributed by atoms with Gasteiger partial charge in [0.1, 0.15) is 23.2 Å². The van der Waals surface area contributed by atoms with Crippen LogP contribution in [-0.2, 0) is 6.42 Å². The fraction of sp³-hybridized carbons (Fsp3) is 0.0667. The standard InChI is InChI=1S/C30H24N4O/c1-3-7-27-21(5-1)17-19-31-29(27)33-23-9-13-25(14-10-23)35-26-15-11-24(12-16-26)34-30-28-8-4-2-6-22(28)18-20-32-30/h1-17,19H,18,20H2,(H,31,33)(H,32,34). The van der Waals surface area contributed by atoms with E-state index in [9.17, 15) is 0 Å². The molecule has 6 rings (SSSR count). The maximum absolute atomic E-state index is 6.05. The van der Waals surface area contributed by atoms with E-state index in [1.807, 2.05) is 72.9 Å². The van der Waals surface area contributed by atoms with Gasteiger partial charge in [0.05, 0.1) is 0 Å². The number of nitrogens with one attached hydrogen (secondary N) is 2. The first-order valence-electron chi connectivity index (χ1n) is 11.7. The number of amidine groups is 1. The zero-order valence-corrected chi connectivity index (χ0v) is 19.1. The molecular formula is C30H24N4O. The van der Waals surface area contributed by atoms with E-state index in [4.69, 9.17) is 4.74 Å². The zero-order valence-electron chi connectivity index (χ0n) is 19.1. The molecular weight excluding hydrogens is 432 g/mol. The largest absolute Gasteiger partial charge is 0.457 e. The molecule has 0 saturated heterocycles. The van der Waals surface area contributed by atoms with Crippen LogP contribution in [0.25, 0.3) is 10.8 Å². The van der Waals surface area contributed by atoms with Crippen LogP contribution in [0.5, 0.6) is 11.5 Å². The van der Waals surface area contributed by atoms with E-state index in [0.29, 0.717) is 0 Å². The first-order chi connectivity index (χ1) is 17.3. The van der Waals surface area contributed by atoms with Gasteiger partial charge < -0.3 is 15.4 Å². The molecule has 5 nitrogen and oxygen atoms in total. The van der Waals surface area contributed by atoms with Crippen molar-refractivity contribution in [3.63, 3.8) is 0 Å². The number of ether oxygens (including phenoxy) is 1. The number of fused-ring (bicyclic) bond motifs is 2. The van der Waals surface area contributed by atoms with Crippen molar-refractivity contribution >= 4 is 33.8 Å². The zero-order chi connectivity index (χ0) is 23.5. The first kappa shape index (κ1) is 20.9. The van der Waals surface area contributed by atoms with Gasteiger partial charge in [0.2, 0.25) is 0 Å². The minimum Gasteiger partial charge on any atom is -0.457 e. The summed E-state index contributed by atoms with van der Waals surface area (Å²) in [5, 5.41) is 9.10. The lowest BCUT2D eigenvalue weighted by atomic mass is 10.0. The summed E-state index contributed by atoms with van der Waals surface area (Å²) in [5.74, 6) is 3.31. The number of rotatable bonds is 5. The summed E-state index contributed by atoms with van der Waals surface area (Å²) in [4.78, 5) is 9.17. The average molecular weight is 457 g/mol. The van der Waals surface area contributed by atoms with Gasteiger partial charge >= 0.3 is 0 Å². The molecule has 170 valence electrons. The maximum atomic E-state index is 6.05. The van der Waals surface area contributed by atoms with Crippen molar-refractivity contribution in [1.82, 2.24) is 4.98 Å². The van der Waals surface area contributed by atoms with Crippen molar-refractivity contribution in [2.45, 2.75) is 6.42 Å². The van der Waals surface area contributed by atoms with Crippen LogP contribution in [0.15, 0.2) is 114 Å². The Hall–Kier alpha value is -4.64. The summed E-state index contributed by atoms with van der Waals surface area (Å²) in [7, 11) is 0. The van der Waals surface area contributed by atoms with E-state index in [1.165, 1.54) is 11.1 Å². The van der Waals surface area contributed by atoms with Crippen LogP contribution in [0.2, 0.25) is 0 Å². The Morgan fingerprint density at radius 2 is 1.34 bits per heavy atom. The highest BCUT2D eigenvalue weighted by atomic mass is 16.5. The minimum atomic E-state index is 0.771. The highest BCUT2D eigenvalue weighted by Crippen LogP contribution is 2.28. The topological polar surface area (TPSA) is 58.5 Å². The van der Waals surface area contributed by atoms with Crippen molar-refractivity contribution in [3.8, 4) is 11.5 Å². The Labute approximate surface area is 204 Å². The summed E-state index contributed by atoms with van der Waals surface area (Å²) in [6.07, 6.45) is 2.81. The van der Waals surface area contributed by atoms with Gasteiger partial charge in [-0.15, -0.1) is 0 Å². The molecule has 0 amide bonds. The van der Waals surface area contributed by atoms with Crippen LogP contribution in [0.4, 0.5) is 17.2 Å². The van der Waals surface area contributed by atoms with E-state index in [0.717, 1.165) is 58.3 Å². The van der Waals surface area contributed by atoms with Crippen molar-refractivity contribution in [2.75, 3.05) is 17.2 Å². The lowest BCUT2D eigenvalue weighted by Crippen LogP contribution is -2.20. The van der Waals surface area contributed by atoms with Crippen molar-refractivity contribution < 1.29 is 4.74 Å². The molecule has 5 heteroatoms. The summed E-state index contributed by atoms with van der Waals surface area (Å²) in [6, 6.07) is 34.5. The number of hydrogen-bond acceptors (Lipinski definition) is 5. The van der Waals surface area contributed by atoms with E-state index in [-0.39, 0.29) is 0 Å². The normalized spacial score (nSPS) is 12.5. The number of aromatic nitrogens is 1. The van der Waals surface area contributed by atoms with Crippen LogP contribution in [0, 0.1) is 0 Å². The van der Waals surface area contributed by atoms with Crippen LogP contribution < -0.4 is 15.4 Å². The van der Waals surface area contributed by atoms with Crippen molar-refractivity contribution in [2.24, 2.45) is 4.99 Å². The van der Waals surface area contributed by atoms with E-state index in [2.05, 4.69) is 57.0 Å². The van der Waals surface area contributed by atoms with Gasteiger partial charge in [0.15, 0.2) is 0 Å². The molecule has 35 heavy (non-hydrogen) atoms. The van der Waals surface area contributed by atoms with Gasteiger partial charge in [-0.2, -0.15) is 0 Å². The molecule has 0 saturated carbocycles. The Bertz CT molecular complexity index is 1500. The minimum absolute atomic E-state index is 0.771. The van der Waals surface area contributed by atoms with Gasteiger partial charge in [-0.25, -0.2) is 4.98 Å². The van der Waals surface area contributed by atoms with Crippen molar-refractivity contribution in [1.29, 1.82) is 0 Å². The maximum Gasteiger partial charge on any atom is 0.138 e. The third-order valence-corrected chi connectivity index (χ3v) is 6.07. The molecule has 0 spiro atoms. The number of benzene rings is 4. The van der Waals surface area contributed by atoms with E-state index < -0.39 is 0 Å². The predicted octanol–water partition coefficient (Wildman–Crippen LogP) is 7.19. The fourth-order valence-corrected chi connectivity index (χ4v) is 4.29. The SMILES string of the molecule is c1ccc2c(c1)CCN=C2Nc1ccc(Oc2ccc(Nc3nccc4ccccc34)cc2)cc1. The number of aliphatic imine (C=N–C) groups is 1. The Morgan fingerprint density at radius 3 is 2.14 bits per heavy atom. The highest BCUT2D eigenvalue weighted by molar-refractivity contribution is 6.09. The number of hydrogen-bond donors (Lipinski definition) is 2. The molecule has 0 unspecified atom stereocenters. The number of anilines is 3. The molecule has 0 bridgehead atoms. The third-order valence-electron chi connectivity index (χ3n) is 6.07. The van der Waals surface area contributed by atoms with Crippen LogP contribution in [0.3, 0.4) is 0 Å². The summed E-state index contributed by atoms with van der Waals surface area (Å²) >= 11 is 0. The summed E-state index contributed by atoms with van der Waals surface area (Å²) in [6.45, 7) is 0.807. The second kappa shape index (κ2) is 9.31. The number of nitrogens with zero attached hydrogens (tertiary/aromatic N) is 2. The van der Waals surface area contributed by atoms with Crippen LogP contribution in [0.1, 0.15) is 11.1 Å². The van der Waals surface area contributed by atoms with Crippen LogP contribution >= 0.6 is 0 Å². The van der Waals surface area contributed by atoms with Gasteiger partial charge in [0, 0.05) is 35.1 Å². The second-order valence-corrected chi connectivity index (χ2v) is 8.42. The summed E-state index contributed by atoms with van der Waals surface area (Å²) < 4.78 is 6.05. The first-order valence-corrected chi connectivity index (χ1v) is 11.7. The smallest absolute Gasteiger partial charge is 0.138 e. The third kappa shape index (κ3) is 4.57. The average Bonchev–Trinajstić information content (AvgIpc) is 2.91. The molecule has 1 aromatic heterocycles. The molecule has 2 N–H and O–H groups in total. The van der Waals surface area contributed by atoms with Crippen molar-refractivity contribution in [3.05, 3.63) is 120 Å². The monoisotopic (exact) mass is 456 g/mol. The van der Waals surface area contributed by atoms with Gasteiger partial charge in [-0.3, -0.25) is 4.99 Å². The molecule has 2 heterocycles. The molecule has 0 radical (unpaired) electrons. The highest BCUT2D eigenvalue weighted by Gasteiger charge is 2.13. The molecule has 1 aliphatic heterocycles. The molecule has 0 atom stereocenters. The lowest BCUT2D eigenvalue weighted by molar-refractivity contribution is 0.483. The molecule has 0 aliphatic carbocycles. The molecule has 0 fully saturated rings. The van der Waals surface area contributed by atoms with Gasteiger partial charge in [0.25, 0.3) is 0 Å². The van der Waals surface area contributed by atoms with Crippen LogP contribution in [-0.4, -0.2) is 17.4 Å². The number of pyridine rings is 1. The molecule has 1 aliphatic rings.